The second kappa shape index (κ2) is 60.3. The first-order valence-corrected chi connectivity index (χ1v) is 34.9. The highest BCUT2D eigenvalue weighted by Gasteiger charge is 2.44. The molecule has 1 rings (SSSR count). The molecule has 82 heavy (non-hydrogen) atoms. The van der Waals surface area contributed by atoms with Gasteiger partial charge in [-0.3, -0.25) is 9.59 Å². The van der Waals surface area contributed by atoms with Gasteiger partial charge in [-0.2, -0.15) is 0 Å². The molecule has 7 atom stereocenters. The molecule has 1 aliphatic rings. The minimum Gasteiger partial charge on any atom is -0.466 e. The molecular formula is C71H131NO10. The summed E-state index contributed by atoms with van der Waals surface area (Å²) in [5.41, 5.74) is 0. The standard InChI is InChI=1S/C71H131NO10/c1-3-5-7-9-11-13-37-41-45-49-53-57-64(74)63(62-81-71-70(79)69(78)68(77)65(61-73)82-71)72-66(75)58-54-50-46-42-39-35-33-31-29-27-25-23-21-19-17-15-16-18-20-22-24-26-28-30-32-34-36-40-44-48-52-56-60-80-67(76)59-55-51-47-43-38-14-12-10-8-6-4-2/h7,9,18,20,37,41,53,57,63-65,68-71,73-74,77-79H,3-6,8,10-17,19,21-36,38-40,42-52,54-56,58-62H2,1-2H3,(H,72,75)/b9-7+,20-18-,41-37+,57-53+. The van der Waals surface area contributed by atoms with Crippen LogP contribution in [0.25, 0.3) is 0 Å². The number of hydrogen-bond donors (Lipinski definition) is 6. The van der Waals surface area contributed by atoms with E-state index in [9.17, 15) is 35.1 Å². The molecule has 0 aromatic carbocycles. The van der Waals surface area contributed by atoms with Crippen LogP contribution in [0.4, 0.5) is 0 Å². The van der Waals surface area contributed by atoms with Crippen LogP contribution in [0.3, 0.4) is 0 Å². The van der Waals surface area contributed by atoms with Crippen molar-refractivity contribution in [1.82, 2.24) is 5.32 Å². The molecule has 1 aliphatic heterocycles. The average molecular weight is 1160 g/mol. The Labute approximate surface area is 504 Å². The molecule has 0 aromatic heterocycles. The number of aliphatic hydroxyl groups excluding tert-OH is 5. The van der Waals surface area contributed by atoms with Crippen LogP contribution in [0, 0.1) is 0 Å². The number of ether oxygens (including phenoxy) is 3. The van der Waals surface area contributed by atoms with Crippen molar-refractivity contribution < 1.29 is 49.3 Å². The van der Waals surface area contributed by atoms with Gasteiger partial charge in [-0.15, -0.1) is 0 Å². The topological polar surface area (TPSA) is 175 Å². The van der Waals surface area contributed by atoms with E-state index in [0.717, 1.165) is 70.6 Å². The molecule has 0 aromatic rings. The van der Waals surface area contributed by atoms with Crippen molar-refractivity contribution in [3.63, 3.8) is 0 Å². The Balaban J connectivity index is 1.95. The zero-order valence-electron chi connectivity index (χ0n) is 53.2. The van der Waals surface area contributed by atoms with Crippen LogP contribution >= 0.6 is 0 Å². The molecule has 11 heteroatoms. The number of aliphatic hydroxyl groups is 5. The number of esters is 1. The Hall–Kier alpha value is -2.38. The number of carbonyl (C=O) groups excluding carboxylic acids is 2. The first kappa shape index (κ1) is 77.6. The molecule has 7 unspecified atom stereocenters. The van der Waals surface area contributed by atoms with E-state index >= 15 is 0 Å². The fraction of sp³-hybridized carbons (Fsp3) is 0.859. The normalized spacial score (nSPS) is 18.5. The molecule has 0 spiro atoms. The lowest BCUT2D eigenvalue weighted by Gasteiger charge is -2.40. The van der Waals surface area contributed by atoms with E-state index in [4.69, 9.17) is 14.2 Å². The van der Waals surface area contributed by atoms with Gasteiger partial charge in [0.1, 0.15) is 24.4 Å². The van der Waals surface area contributed by atoms with Gasteiger partial charge in [0.2, 0.25) is 5.91 Å². The maximum absolute atomic E-state index is 13.0. The van der Waals surface area contributed by atoms with Gasteiger partial charge >= 0.3 is 5.97 Å². The third-order valence-electron chi connectivity index (χ3n) is 16.4. The highest BCUT2D eigenvalue weighted by molar-refractivity contribution is 5.76. The second-order valence-electron chi connectivity index (χ2n) is 24.2. The summed E-state index contributed by atoms with van der Waals surface area (Å²) in [6, 6.07) is -0.832. The molecule has 0 saturated carbocycles. The summed E-state index contributed by atoms with van der Waals surface area (Å²) in [6.45, 7) is 4.27. The van der Waals surface area contributed by atoms with Crippen molar-refractivity contribution in [2.24, 2.45) is 0 Å². The van der Waals surface area contributed by atoms with E-state index in [1.165, 1.54) is 231 Å². The third-order valence-corrected chi connectivity index (χ3v) is 16.4. The number of unbranched alkanes of at least 4 members (excludes halogenated alkanes) is 41. The zero-order valence-corrected chi connectivity index (χ0v) is 53.2. The highest BCUT2D eigenvalue weighted by Crippen LogP contribution is 2.23. The van der Waals surface area contributed by atoms with E-state index in [2.05, 4.69) is 55.6 Å². The van der Waals surface area contributed by atoms with Crippen molar-refractivity contribution >= 4 is 11.9 Å². The Morgan fingerprint density at radius 1 is 0.439 bits per heavy atom. The van der Waals surface area contributed by atoms with Crippen LogP contribution in [0.1, 0.15) is 328 Å². The van der Waals surface area contributed by atoms with Crippen LogP contribution in [0.15, 0.2) is 48.6 Å². The van der Waals surface area contributed by atoms with Gasteiger partial charge < -0.3 is 45.1 Å². The van der Waals surface area contributed by atoms with Crippen molar-refractivity contribution in [3.05, 3.63) is 48.6 Å². The summed E-state index contributed by atoms with van der Waals surface area (Å²) < 4.78 is 16.7. The van der Waals surface area contributed by atoms with E-state index in [1.54, 1.807) is 6.08 Å². The zero-order chi connectivity index (χ0) is 59.5. The lowest BCUT2D eigenvalue weighted by molar-refractivity contribution is -0.302. The van der Waals surface area contributed by atoms with E-state index in [1.807, 2.05) is 6.08 Å². The first-order chi connectivity index (χ1) is 40.2. The van der Waals surface area contributed by atoms with Crippen LogP contribution in [0.2, 0.25) is 0 Å². The molecule has 6 N–H and O–H groups in total. The Morgan fingerprint density at radius 2 is 0.817 bits per heavy atom. The minimum absolute atomic E-state index is 0.00987. The van der Waals surface area contributed by atoms with Gasteiger partial charge in [0.05, 0.1) is 32.0 Å². The summed E-state index contributed by atoms with van der Waals surface area (Å²) in [7, 11) is 0. The monoisotopic (exact) mass is 1160 g/mol. The predicted molar refractivity (Wildman–Crippen MR) is 343 cm³/mol. The SMILES string of the molecule is CCC/C=C/CC/C=C/CC/C=C/C(O)C(COC1OC(CO)C(O)C(O)C1O)NC(=O)CCCCCCCCCCCCCCCCCC/C=C\CCCCCCCCCCCCCCOC(=O)CCCCCCCCCCCCC. The maximum atomic E-state index is 13.0. The molecule has 11 nitrogen and oxygen atoms in total. The lowest BCUT2D eigenvalue weighted by Crippen LogP contribution is -2.60. The van der Waals surface area contributed by atoms with E-state index in [-0.39, 0.29) is 18.5 Å². The quantitative estimate of drug-likeness (QED) is 0.0195. The van der Waals surface area contributed by atoms with E-state index < -0.39 is 49.5 Å². The Kier molecular flexibility index (Phi) is 57.1. The average Bonchev–Trinajstić information content (AvgIpc) is 3.68. The molecule has 0 radical (unpaired) electrons. The summed E-state index contributed by atoms with van der Waals surface area (Å²) in [4.78, 5) is 25.0. The molecule has 480 valence electrons. The maximum Gasteiger partial charge on any atom is 0.305 e. The molecule has 1 fully saturated rings. The number of rotatable bonds is 61. The lowest BCUT2D eigenvalue weighted by atomic mass is 9.99. The fourth-order valence-corrected chi connectivity index (χ4v) is 10.9. The molecule has 1 amide bonds. The van der Waals surface area contributed by atoms with Gasteiger partial charge in [0.15, 0.2) is 6.29 Å². The second-order valence-corrected chi connectivity index (χ2v) is 24.2. The van der Waals surface area contributed by atoms with Crippen LogP contribution in [0.5, 0.6) is 0 Å². The van der Waals surface area contributed by atoms with Gasteiger partial charge in [-0.05, 0) is 77.0 Å². The number of carbonyl (C=O) groups is 2. The molecule has 0 aliphatic carbocycles. The van der Waals surface area contributed by atoms with E-state index in [0.29, 0.717) is 19.4 Å². The fourth-order valence-electron chi connectivity index (χ4n) is 10.9. The number of nitrogens with one attached hydrogen (secondary N) is 1. The van der Waals surface area contributed by atoms with Crippen LogP contribution in [-0.2, 0) is 23.8 Å². The highest BCUT2D eigenvalue weighted by atomic mass is 16.7. The van der Waals surface area contributed by atoms with Gasteiger partial charge in [0.25, 0.3) is 0 Å². The van der Waals surface area contributed by atoms with Gasteiger partial charge in [-0.25, -0.2) is 0 Å². The Bertz CT molecular complexity index is 1500. The number of amides is 1. The first-order valence-electron chi connectivity index (χ1n) is 34.9. The molecule has 1 saturated heterocycles. The summed E-state index contributed by atoms with van der Waals surface area (Å²) in [5, 5.41) is 54.3. The summed E-state index contributed by atoms with van der Waals surface area (Å²) in [6.07, 6.45) is 68.3. The summed E-state index contributed by atoms with van der Waals surface area (Å²) in [5.74, 6) is -0.185. The van der Waals surface area contributed by atoms with Gasteiger partial charge in [0, 0.05) is 12.8 Å². The Morgan fingerprint density at radius 3 is 1.26 bits per heavy atom. The van der Waals surface area contributed by atoms with Crippen molar-refractivity contribution in [2.45, 2.75) is 371 Å². The molecule has 0 bridgehead atoms. The predicted octanol–water partition coefficient (Wildman–Crippen LogP) is 17.6. The largest absolute Gasteiger partial charge is 0.466 e. The van der Waals surface area contributed by atoms with Gasteiger partial charge in [-0.1, -0.05) is 287 Å². The molecular weight excluding hydrogens is 1030 g/mol. The van der Waals surface area contributed by atoms with Crippen LogP contribution in [-0.4, -0.2) is 100 Å². The third kappa shape index (κ3) is 48.8. The van der Waals surface area contributed by atoms with Crippen molar-refractivity contribution in [3.8, 4) is 0 Å². The molecule has 1 heterocycles. The minimum atomic E-state index is -1.58. The number of allylic oxidation sites excluding steroid dienone is 7. The summed E-state index contributed by atoms with van der Waals surface area (Å²) >= 11 is 0. The smallest absolute Gasteiger partial charge is 0.305 e. The van der Waals surface area contributed by atoms with Crippen molar-refractivity contribution in [1.29, 1.82) is 0 Å². The number of hydrogen-bond acceptors (Lipinski definition) is 10. The van der Waals surface area contributed by atoms with Crippen molar-refractivity contribution in [2.75, 3.05) is 19.8 Å². The van der Waals surface area contributed by atoms with Crippen LogP contribution < -0.4 is 5.32 Å².